The number of hydrogen-bond donors (Lipinski definition) is 1. The van der Waals surface area contributed by atoms with E-state index in [4.69, 9.17) is 18.9 Å². The van der Waals surface area contributed by atoms with E-state index in [1.807, 2.05) is 70.2 Å². The van der Waals surface area contributed by atoms with Crippen LogP contribution < -0.4 is 0 Å². The summed E-state index contributed by atoms with van der Waals surface area (Å²) in [6, 6.07) is 0. The molecule has 178 valence electrons. The lowest BCUT2D eigenvalue weighted by atomic mass is 9.85. The Morgan fingerprint density at radius 3 is 2.42 bits per heavy atom. The Balaban J connectivity index is 2.77. The van der Waals surface area contributed by atoms with Gasteiger partial charge in [-0.05, 0) is 45.6 Å². The molecule has 1 aliphatic heterocycles. The van der Waals surface area contributed by atoms with E-state index < -0.39 is 6.10 Å². The molecule has 5 heteroatoms. The zero-order valence-electron chi connectivity index (χ0n) is 20.4. The molecule has 1 rings (SSSR count). The van der Waals surface area contributed by atoms with Crippen molar-refractivity contribution in [2.45, 2.75) is 85.3 Å². The molecule has 0 fully saturated rings. The first-order valence-electron chi connectivity index (χ1n) is 11.6. The molecule has 1 heterocycles. The van der Waals surface area contributed by atoms with Gasteiger partial charge in [-0.25, -0.2) is 0 Å². The first-order valence-corrected chi connectivity index (χ1v) is 11.6. The molecular weight excluding hydrogens is 392 g/mol. The summed E-state index contributed by atoms with van der Waals surface area (Å²) in [5, 5.41) is 10.7. The van der Waals surface area contributed by atoms with Gasteiger partial charge in [0.1, 0.15) is 0 Å². The fourth-order valence-electron chi connectivity index (χ4n) is 3.87. The third-order valence-corrected chi connectivity index (χ3v) is 5.81. The minimum absolute atomic E-state index is 0.0715. The predicted molar refractivity (Wildman–Crippen MR) is 127 cm³/mol. The largest absolute Gasteiger partial charge is 0.389 e. The summed E-state index contributed by atoms with van der Waals surface area (Å²) in [7, 11) is 1.66. The second-order valence-corrected chi connectivity index (χ2v) is 8.35. The van der Waals surface area contributed by atoms with Gasteiger partial charge in [0.25, 0.3) is 0 Å². The monoisotopic (exact) mass is 436 g/mol. The van der Waals surface area contributed by atoms with Crippen LogP contribution in [0, 0.1) is 17.8 Å². The van der Waals surface area contributed by atoms with Gasteiger partial charge in [-0.2, -0.15) is 0 Å². The van der Waals surface area contributed by atoms with Crippen molar-refractivity contribution in [3.8, 4) is 0 Å². The third-order valence-electron chi connectivity index (χ3n) is 5.81. The lowest BCUT2D eigenvalue weighted by Crippen LogP contribution is -2.38. The molecule has 0 amide bonds. The van der Waals surface area contributed by atoms with Crippen molar-refractivity contribution in [3.63, 3.8) is 0 Å². The zero-order chi connectivity index (χ0) is 23.2. The van der Waals surface area contributed by atoms with Gasteiger partial charge < -0.3 is 24.1 Å². The van der Waals surface area contributed by atoms with Gasteiger partial charge in [0.2, 0.25) is 0 Å². The number of methoxy groups -OCH3 is 1. The number of allylic oxidation sites excluding steroid dienone is 5. The SMILES string of the molecule is C/C=C/C=C\C=C/[C@H](O)[C@H](C)[C@H](CC[C@H](C)[C@@H]1O[C@@H](OC)C=C[C@@H]1C)OC(C)OCC. The van der Waals surface area contributed by atoms with Gasteiger partial charge in [-0.15, -0.1) is 0 Å². The van der Waals surface area contributed by atoms with Gasteiger partial charge in [-0.3, -0.25) is 0 Å². The maximum atomic E-state index is 10.7. The maximum Gasteiger partial charge on any atom is 0.176 e. The summed E-state index contributed by atoms with van der Waals surface area (Å²) < 4.78 is 23.3. The fraction of sp³-hybridized carbons (Fsp3) is 0.692. The van der Waals surface area contributed by atoms with Gasteiger partial charge in [0, 0.05) is 25.6 Å². The van der Waals surface area contributed by atoms with E-state index in [2.05, 4.69) is 19.9 Å². The Hall–Kier alpha value is -1.24. The quantitative estimate of drug-likeness (QED) is 0.224. The highest BCUT2D eigenvalue weighted by Gasteiger charge is 2.31. The molecule has 0 aromatic carbocycles. The van der Waals surface area contributed by atoms with E-state index >= 15 is 0 Å². The van der Waals surface area contributed by atoms with Gasteiger partial charge in [0.05, 0.1) is 18.3 Å². The topological polar surface area (TPSA) is 57.2 Å². The van der Waals surface area contributed by atoms with Crippen LogP contribution in [0.2, 0.25) is 0 Å². The molecule has 0 aliphatic carbocycles. The van der Waals surface area contributed by atoms with Gasteiger partial charge >= 0.3 is 0 Å². The summed E-state index contributed by atoms with van der Waals surface area (Å²) in [5.41, 5.74) is 0. The van der Waals surface area contributed by atoms with Crippen LogP contribution in [0.3, 0.4) is 0 Å². The molecule has 0 saturated carbocycles. The van der Waals surface area contributed by atoms with Crippen molar-refractivity contribution in [2.75, 3.05) is 13.7 Å². The summed E-state index contributed by atoms with van der Waals surface area (Å²) in [6.45, 7) is 12.8. The highest BCUT2D eigenvalue weighted by atomic mass is 16.7. The highest BCUT2D eigenvalue weighted by Crippen LogP contribution is 2.30. The molecule has 1 unspecified atom stereocenters. The van der Waals surface area contributed by atoms with Crippen molar-refractivity contribution >= 4 is 0 Å². The van der Waals surface area contributed by atoms with Crippen LogP contribution in [0.15, 0.2) is 48.6 Å². The van der Waals surface area contributed by atoms with Crippen LogP contribution in [0.4, 0.5) is 0 Å². The number of aliphatic hydroxyl groups excluding tert-OH is 1. The predicted octanol–water partition coefficient (Wildman–Crippen LogP) is 5.42. The van der Waals surface area contributed by atoms with Crippen molar-refractivity contribution < 1.29 is 24.1 Å². The summed E-state index contributed by atoms with van der Waals surface area (Å²) in [6.07, 6.45) is 16.1. The summed E-state index contributed by atoms with van der Waals surface area (Å²) in [5.74, 6) is 0.588. The van der Waals surface area contributed by atoms with E-state index in [0.717, 1.165) is 12.8 Å². The second kappa shape index (κ2) is 15.5. The third kappa shape index (κ3) is 10.3. The number of rotatable bonds is 14. The van der Waals surface area contributed by atoms with Crippen molar-refractivity contribution in [2.24, 2.45) is 17.8 Å². The van der Waals surface area contributed by atoms with E-state index in [1.54, 1.807) is 7.11 Å². The average Bonchev–Trinajstić information content (AvgIpc) is 2.76. The minimum Gasteiger partial charge on any atom is -0.389 e. The molecule has 8 atom stereocenters. The lowest BCUT2D eigenvalue weighted by molar-refractivity contribution is -0.180. The second-order valence-electron chi connectivity index (χ2n) is 8.35. The van der Waals surface area contributed by atoms with Crippen LogP contribution in [0.25, 0.3) is 0 Å². The molecule has 1 N–H and O–H groups in total. The molecule has 0 radical (unpaired) electrons. The van der Waals surface area contributed by atoms with Crippen LogP contribution in [-0.2, 0) is 18.9 Å². The Morgan fingerprint density at radius 1 is 1.06 bits per heavy atom. The highest BCUT2D eigenvalue weighted by molar-refractivity contribution is 5.12. The van der Waals surface area contributed by atoms with E-state index in [0.29, 0.717) is 18.4 Å². The van der Waals surface area contributed by atoms with E-state index in [1.165, 1.54) is 0 Å². The van der Waals surface area contributed by atoms with Crippen LogP contribution >= 0.6 is 0 Å². The Labute approximate surface area is 189 Å². The van der Waals surface area contributed by atoms with Crippen molar-refractivity contribution in [3.05, 3.63) is 48.6 Å². The normalized spacial score (nSPS) is 27.2. The summed E-state index contributed by atoms with van der Waals surface area (Å²) in [4.78, 5) is 0. The van der Waals surface area contributed by atoms with Gasteiger partial charge in [-0.1, -0.05) is 63.3 Å². The molecule has 0 saturated heterocycles. The zero-order valence-corrected chi connectivity index (χ0v) is 20.4. The molecule has 0 bridgehead atoms. The van der Waals surface area contributed by atoms with E-state index in [9.17, 15) is 5.11 Å². The Morgan fingerprint density at radius 2 is 1.77 bits per heavy atom. The molecule has 5 nitrogen and oxygen atoms in total. The lowest BCUT2D eigenvalue weighted by Gasteiger charge is -2.35. The minimum atomic E-state index is -0.602. The number of ether oxygens (including phenoxy) is 4. The molecular formula is C26H44O5. The average molecular weight is 437 g/mol. The fourth-order valence-corrected chi connectivity index (χ4v) is 3.87. The van der Waals surface area contributed by atoms with Crippen molar-refractivity contribution in [1.82, 2.24) is 0 Å². The molecule has 0 aromatic heterocycles. The molecule has 1 aliphatic rings. The Bertz CT molecular complexity index is 582. The summed E-state index contributed by atoms with van der Waals surface area (Å²) >= 11 is 0. The Kier molecular flexibility index (Phi) is 13.9. The molecule has 0 aromatic rings. The molecule has 0 spiro atoms. The van der Waals surface area contributed by atoms with Gasteiger partial charge in [0.15, 0.2) is 12.6 Å². The first-order chi connectivity index (χ1) is 14.8. The van der Waals surface area contributed by atoms with E-state index in [-0.39, 0.29) is 30.7 Å². The van der Waals surface area contributed by atoms with Crippen LogP contribution in [-0.4, -0.2) is 49.7 Å². The number of aliphatic hydroxyl groups is 1. The number of hydrogen-bond acceptors (Lipinski definition) is 5. The smallest absolute Gasteiger partial charge is 0.176 e. The molecule has 31 heavy (non-hydrogen) atoms. The first kappa shape index (κ1) is 27.8. The maximum absolute atomic E-state index is 10.7. The van der Waals surface area contributed by atoms with Crippen LogP contribution in [0.1, 0.15) is 54.4 Å². The standard InChI is InChI=1S/C26H44O5/c1-8-10-11-12-13-14-23(27)21(5)24(30-22(6)29-9-2)17-15-19(3)26-20(4)16-18-25(28-7)31-26/h8,10-14,16,18-27H,9,15,17H2,1-7H3/b10-8+,12-11-,14-13-/t19-,20-,21-,22?,23-,24-,25+,26-/m0/s1. The van der Waals surface area contributed by atoms with Crippen molar-refractivity contribution in [1.29, 1.82) is 0 Å². The van der Waals surface area contributed by atoms with Crippen LogP contribution in [0.5, 0.6) is 0 Å².